The molecule has 1 aliphatic rings. The van der Waals surface area contributed by atoms with Gasteiger partial charge in [-0.25, -0.2) is 8.78 Å². The van der Waals surface area contributed by atoms with Gasteiger partial charge in [-0.1, -0.05) is 24.3 Å². The Morgan fingerprint density at radius 2 is 1.59 bits per heavy atom. The van der Waals surface area contributed by atoms with Gasteiger partial charge in [0.05, 0.1) is 5.69 Å². The summed E-state index contributed by atoms with van der Waals surface area (Å²) in [6.45, 7) is 0. The van der Waals surface area contributed by atoms with Crippen molar-refractivity contribution in [3.63, 3.8) is 0 Å². The van der Waals surface area contributed by atoms with Crippen LogP contribution in [0.3, 0.4) is 0 Å². The number of anilines is 1. The Labute approximate surface area is 160 Å². The van der Waals surface area contributed by atoms with E-state index in [1.54, 1.807) is 0 Å². The van der Waals surface area contributed by atoms with Crippen LogP contribution >= 0.6 is 0 Å². The second kappa shape index (κ2) is 6.26. The van der Waals surface area contributed by atoms with Gasteiger partial charge in [0.2, 0.25) is 5.91 Å². The number of phenols is 1. The van der Waals surface area contributed by atoms with Crippen LogP contribution in [0, 0.1) is 11.6 Å². The van der Waals surface area contributed by atoms with Crippen LogP contribution in [0.25, 0.3) is 0 Å². The lowest BCUT2D eigenvalue weighted by atomic mass is 9.70. The minimum Gasteiger partial charge on any atom is -0.508 e. The number of hydrogen-bond acceptors (Lipinski definition) is 3. The molecule has 1 unspecified atom stereocenters. The molecule has 0 spiro atoms. The quantitative estimate of drug-likeness (QED) is 0.622. The zero-order valence-electron chi connectivity index (χ0n) is 14.4. The molecule has 1 atom stereocenters. The van der Waals surface area contributed by atoms with Crippen molar-refractivity contribution in [1.29, 1.82) is 0 Å². The first-order chi connectivity index (χ1) is 13.7. The van der Waals surface area contributed by atoms with Crippen molar-refractivity contribution in [2.45, 2.75) is 11.6 Å². The van der Waals surface area contributed by atoms with Crippen LogP contribution in [0.5, 0.6) is 5.75 Å². The summed E-state index contributed by atoms with van der Waals surface area (Å²) in [5, 5.41) is 11.9. The fourth-order valence-electron chi connectivity index (χ4n) is 3.55. The van der Waals surface area contributed by atoms with E-state index in [-0.39, 0.29) is 22.4 Å². The first kappa shape index (κ1) is 18.9. The third-order valence-corrected chi connectivity index (χ3v) is 4.87. The molecule has 3 aromatic rings. The predicted molar refractivity (Wildman–Crippen MR) is 92.2 cm³/mol. The van der Waals surface area contributed by atoms with Gasteiger partial charge in [0.1, 0.15) is 16.9 Å². The highest BCUT2D eigenvalue weighted by Crippen LogP contribution is 2.49. The van der Waals surface area contributed by atoms with E-state index in [9.17, 15) is 31.9 Å². The molecule has 0 fully saturated rings. The highest BCUT2D eigenvalue weighted by Gasteiger charge is 2.51. The number of halogens is 5. The zero-order valence-corrected chi connectivity index (χ0v) is 14.4. The lowest BCUT2D eigenvalue weighted by Gasteiger charge is -2.29. The van der Waals surface area contributed by atoms with Crippen LogP contribution in [0.2, 0.25) is 0 Å². The Hall–Kier alpha value is -3.49. The lowest BCUT2D eigenvalue weighted by molar-refractivity contribution is -0.141. The van der Waals surface area contributed by atoms with Gasteiger partial charge in [-0.05, 0) is 35.4 Å². The van der Waals surface area contributed by atoms with Crippen LogP contribution < -0.4 is 5.32 Å². The maximum Gasteiger partial charge on any atom is 0.433 e. The van der Waals surface area contributed by atoms with Crippen LogP contribution in [0.4, 0.5) is 27.6 Å². The summed E-state index contributed by atoms with van der Waals surface area (Å²) in [6, 6.07) is 9.12. The number of phenolic OH excluding ortho intramolecular Hbond substituents is 1. The number of carbonyl (C=O) groups excluding carboxylic acids is 1. The largest absolute Gasteiger partial charge is 0.508 e. The highest BCUT2D eigenvalue weighted by molar-refractivity contribution is 6.11. The van der Waals surface area contributed by atoms with E-state index >= 15 is 0 Å². The maximum absolute atomic E-state index is 14.3. The number of nitrogens with one attached hydrogen (secondary N) is 1. The van der Waals surface area contributed by atoms with Crippen molar-refractivity contribution >= 4 is 11.6 Å². The summed E-state index contributed by atoms with van der Waals surface area (Å²) in [7, 11) is 0. The number of amides is 1. The van der Waals surface area contributed by atoms with E-state index in [4.69, 9.17) is 0 Å². The molecule has 4 rings (SSSR count). The van der Waals surface area contributed by atoms with Crippen LogP contribution in [-0.2, 0) is 16.4 Å². The molecule has 0 saturated heterocycles. The van der Waals surface area contributed by atoms with Gasteiger partial charge < -0.3 is 10.4 Å². The SMILES string of the molecule is O=C1Nc2c(ccc(F)c2F)C1(c1ccc(O)cc1)c1ccc(C(F)(F)F)nc1. The van der Waals surface area contributed by atoms with Crippen molar-refractivity contribution in [1.82, 2.24) is 4.98 Å². The minimum atomic E-state index is -4.69. The lowest BCUT2D eigenvalue weighted by Crippen LogP contribution is -2.37. The topological polar surface area (TPSA) is 62.2 Å². The third kappa shape index (κ3) is 2.72. The van der Waals surface area contributed by atoms with Gasteiger partial charge >= 0.3 is 6.18 Å². The molecule has 0 saturated carbocycles. The molecule has 2 heterocycles. The molecule has 1 amide bonds. The van der Waals surface area contributed by atoms with E-state index < -0.39 is 40.5 Å². The van der Waals surface area contributed by atoms with E-state index in [1.807, 2.05) is 0 Å². The van der Waals surface area contributed by atoms with E-state index in [0.29, 0.717) is 6.07 Å². The number of alkyl halides is 3. The Bertz CT molecular complexity index is 1110. The Morgan fingerprint density at radius 3 is 2.17 bits per heavy atom. The van der Waals surface area contributed by atoms with Gasteiger partial charge in [0.15, 0.2) is 11.6 Å². The molecular formula is C20H11F5N2O2. The maximum atomic E-state index is 14.3. The number of aromatic nitrogens is 1. The molecule has 0 radical (unpaired) electrons. The van der Waals surface area contributed by atoms with E-state index in [2.05, 4.69) is 10.3 Å². The number of carbonyl (C=O) groups is 1. The Kier molecular flexibility index (Phi) is 4.07. The third-order valence-electron chi connectivity index (χ3n) is 4.87. The van der Waals surface area contributed by atoms with Crippen LogP contribution in [0.15, 0.2) is 54.7 Å². The number of pyridine rings is 1. The molecule has 2 aromatic carbocycles. The first-order valence-corrected chi connectivity index (χ1v) is 8.29. The van der Waals surface area contributed by atoms with Gasteiger partial charge in [0.25, 0.3) is 0 Å². The second-order valence-corrected chi connectivity index (χ2v) is 6.46. The number of rotatable bonds is 2. The smallest absolute Gasteiger partial charge is 0.433 e. The molecule has 1 aromatic heterocycles. The zero-order chi connectivity index (χ0) is 21.0. The van der Waals surface area contributed by atoms with Crippen molar-refractivity contribution < 1.29 is 31.9 Å². The molecule has 0 aliphatic carbocycles. The summed E-state index contributed by atoms with van der Waals surface area (Å²) < 4.78 is 66.8. The van der Waals surface area contributed by atoms with Crippen molar-refractivity contribution in [2.24, 2.45) is 0 Å². The summed E-state index contributed by atoms with van der Waals surface area (Å²) in [6.07, 6.45) is -3.80. The average Bonchev–Trinajstić information content (AvgIpc) is 2.98. The first-order valence-electron chi connectivity index (χ1n) is 8.29. The van der Waals surface area contributed by atoms with Crippen molar-refractivity contribution in [2.75, 3.05) is 5.32 Å². The normalized spacial score (nSPS) is 18.4. The Morgan fingerprint density at radius 1 is 0.931 bits per heavy atom. The minimum absolute atomic E-state index is 0.0219. The van der Waals surface area contributed by atoms with Gasteiger partial charge in [-0.3, -0.25) is 9.78 Å². The fourth-order valence-corrected chi connectivity index (χ4v) is 3.55. The molecule has 2 N–H and O–H groups in total. The van der Waals surface area contributed by atoms with Crippen molar-refractivity contribution in [3.05, 3.63) is 88.7 Å². The number of nitrogens with zero attached hydrogens (tertiary/aromatic N) is 1. The number of aromatic hydroxyl groups is 1. The van der Waals surface area contributed by atoms with Crippen LogP contribution in [-0.4, -0.2) is 16.0 Å². The molecule has 4 nitrogen and oxygen atoms in total. The molecule has 1 aliphatic heterocycles. The summed E-state index contributed by atoms with van der Waals surface area (Å²) in [5.41, 5.74) is -3.06. The summed E-state index contributed by atoms with van der Waals surface area (Å²) >= 11 is 0. The van der Waals surface area contributed by atoms with E-state index in [1.165, 1.54) is 30.3 Å². The molecule has 0 bridgehead atoms. The number of hydrogen-bond donors (Lipinski definition) is 2. The fraction of sp³-hybridized carbons (Fsp3) is 0.100. The Balaban J connectivity index is 2.02. The predicted octanol–water partition coefficient (Wildman–Crippen LogP) is 4.37. The number of fused-ring (bicyclic) bond motifs is 1. The molecule has 9 heteroatoms. The van der Waals surface area contributed by atoms with Crippen LogP contribution in [0.1, 0.15) is 22.4 Å². The van der Waals surface area contributed by atoms with E-state index in [0.717, 1.165) is 18.3 Å². The summed E-state index contributed by atoms with van der Waals surface area (Å²) in [5.74, 6) is -3.37. The molecular weight excluding hydrogens is 395 g/mol. The summed E-state index contributed by atoms with van der Waals surface area (Å²) in [4.78, 5) is 16.5. The monoisotopic (exact) mass is 406 g/mol. The number of benzene rings is 2. The average molecular weight is 406 g/mol. The van der Waals surface area contributed by atoms with Gasteiger partial charge in [-0.2, -0.15) is 13.2 Å². The molecule has 148 valence electrons. The standard InChI is InChI=1S/C20H11F5N2O2/c21-14-7-6-13-17(16(14)22)27-18(29)19(13,10-1-4-12(28)5-2-10)11-3-8-15(26-9-11)20(23,24)25/h1-9,28H,(H,27,29). The second-order valence-electron chi connectivity index (χ2n) is 6.46. The highest BCUT2D eigenvalue weighted by atomic mass is 19.4. The van der Waals surface area contributed by atoms with Gasteiger partial charge in [0, 0.05) is 11.8 Å². The van der Waals surface area contributed by atoms with Gasteiger partial charge in [-0.15, -0.1) is 0 Å². The van der Waals surface area contributed by atoms with Crippen molar-refractivity contribution in [3.8, 4) is 5.75 Å². The molecule has 29 heavy (non-hydrogen) atoms.